The fraction of sp³-hybridized carbons (Fsp3) is 0.214. The van der Waals surface area contributed by atoms with E-state index in [1.54, 1.807) is 48.9 Å². The molecular formula is C28H28N4O2S. The number of benzene rings is 3. The quantitative estimate of drug-likeness (QED) is 0.293. The van der Waals surface area contributed by atoms with Gasteiger partial charge >= 0.3 is 0 Å². The maximum atomic E-state index is 14.2. The second-order valence-electron chi connectivity index (χ2n) is 8.35. The third-order valence-corrected chi connectivity index (χ3v) is 7.94. The highest BCUT2D eigenvalue weighted by atomic mass is 32.2. The van der Waals surface area contributed by atoms with Gasteiger partial charge in [0.2, 0.25) is 9.84 Å². The van der Waals surface area contributed by atoms with E-state index < -0.39 is 15.2 Å². The van der Waals surface area contributed by atoms with Gasteiger partial charge in [0.05, 0.1) is 34.7 Å². The first-order valence-electron chi connectivity index (χ1n) is 11.6. The number of hydrogen-bond donors (Lipinski definition) is 0. The fourth-order valence-corrected chi connectivity index (χ4v) is 5.98. The molecule has 0 aliphatic rings. The summed E-state index contributed by atoms with van der Waals surface area (Å²) in [4.78, 5) is 6.60. The molecule has 0 spiro atoms. The topological polar surface area (TPSA) is 79.0 Å². The fourth-order valence-electron chi connectivity index (χ4n) is 4.11. The number of rotatable bonds is 10. The van der Waals surface area contributed by atoms with E-state index in [2.05, 4.69) is 18.0 Å². The molecule has 6 nitrogen and oxygen atoms in total. The highest BCUT2D eigenvalue weighted by molar-refractivity contribution is 7.91. The van der Waals surface area contributed by atoms with E-state index in [9.17, 15) is 8.42 Å². The second-order valence-corrected chi connectivity index (χ2v) is 10.4. The Labute approximate surface area is 207 Å². The van der Waals surface area contributed by atoms with Crippen LogP contribution in [0.5, 0.6) is 0 Å². The molecule has 0 fully saturated rings. The number of nitriles is 1. The molecule has 0 amide bonds. The summed E-state index contributed by atoms with van der Waals surface area (Å²) in [7, 11) is -3.81. The first kappa shape index (κ1) is 24.2. The summed E-state index contributed by atoms with van der Waals surface area (Å²) in [6.45, 7) is 3.12. The molecule has 1 atom stereocenters. The molecule has 1 aromatic heterocycles. The summed E-state index contributed by atoms with van der Waals surface area (Å²) in [6, 6.07) is 27.7. The normalized spacial score (nSPS) is 12.1. The average Bonchev–Trinajstić information content (AvgIpc) is 3.35. The molecule has 0 bridgehead atoms. The van der Waals surface area contributed by atoms with E-state index >= 15 is 0 Å². The molecule has 1 heterocycles. The number of anilines is 1. The molecule has 0 N–H and O–H groups in total. The van der Waals surface area contributed by atoms with Gasteiger partial charge in [-0.2, -0.15) is 5.26 Å². The van der Waals surface area contributed by atoms with Crippen molar-refractivity contribution in [3.63, 3.8) is 0 Å². The van der Waals surface area contributed by atoms with Gasteiger partial charge in [-0.3, -0.25) is 0 Å². The second kappa shape index (κ2) is 11.0. The van der Waals surface area contributed by atoms with Crippen LogP contribution in [0, 0.1) is 11.3 Å². The van der Waals surface area contributed by atoms with Gasteiger partial charge in [-0.25, -0.2) is 13.4 Å². The SMILES string of the molecule is CCCCN(c1ccccc1)C(c1cncn1Cc1ccc(C#N)cc1)S(=O)(=O)c1ccccc1. The molecule has 3 aromatic carbocycles. The third kappa shape index (κ3) is 5.44. The van der Waals surface area contributed by atoms with Crippen LogP contribution in [0.2, 0.25) is 0 Å². The largest absolute Gasteiger partial charge is 0.350 e. The van der Waals surface area contributed by atoms with Crippen LogP contribution in [0.4, 0.5) is 5.69 Å². The Morgan fingerprint density at radius 2 is 1.63 bits per heavy atom. The number of aromatic nitrogens is 2. The highest BCUT2D eigenvalue weighted by Gasteiger charge is 2.37. The van der Waals surface area contributed by atoms with Gasteiger partial charge in [0, 0.05) is 18.8 Å². The van der Waals surface area contributed by atoms with Crippen LogP contribution < -0.4 is 4.90 Å². The summed E-state index contributed by atoms with van der Waals surface area (Å²) in [5.41, 5.74) is 2.98. The lowest BCUT2D eigenvalue weighted by Gasteiger charge is -2.34. The summed E-state index contributed by atoms with van der Waals surface area (Å²) in [6.07, 6.45) is 5.10. The maximum absolute atomic E-state index is 14.2. The van der Waals surface area contributed by atoms with E-state index in [0.717, 1.165) is 24.1 Å². The highest BCUT2D eigenvalue weighted by Crippen LogP contribution is 2.36. The smallest absolute Gasteiger partial charge is 0.205 e. The number of unbranched alkanes of at least 4 members (excludes halogenated alkanes) is 1. The molecule has 35 heavy (non-hydrogen) atoms. The van der Waals surface area contributed by atoms with E-state index in [-0.39, 0.29) is 4.90 Å². The number of nitrogens with zero attached hydrogens (tertiary/aromatic N) is 4. The Morgan fingerprint density at radius 1 is 0.971 bits per heavy atom. The zero-order valence-corrected chi connectivity index (χ0v) is 20.5. The lowest BCUT2D eigenvalue weighted by Crippen LogP contribution is -2.36. The van der Waals surface area contributed by atoms with Crippen LogP contribution in [-0.2, 0) is 16.4 Å². The van der Waals surface area contributed by atoms with Gasteiger partial charge in [0.1, 0.15) is 0 Å². The summed E-state index contributed by atoms with van der Waals surface area (Å²) in [5, 5.41) is 8.14. The van der Waals surface area contributed by atoms with Gasteiger partial charge in [-0.15, -0.1) is 0 Å². The molecule has 1 unspecified atom stereocenters. The number of para-hydroxylation sites is 1. The van der Waals surface area contributed by atoms with Gasteiger partial charge in [0.25, 0.3) is 0 Å². The van der Waals surface area contributed by atoms with E-state index in [1.807, 2.05) is 58.0 Å². The van der Waals surface area contributed by atoms with Crippen molar-refractivity contribution in [1.82, 2.24) is 9.55 Å². The monoisotopic (exact) mass is 484 g/mol. The summed E-state index contributed by atoms with van der Waals surface area (Å²) in [5.74, 6) is 0. The van der Waals surface area contributed by atoms with E-state index in [4.69, 9.17) is 5.26 Å². The Hall–Kier alpha value is -3.89. The standard InChI is InChI=1S/C28H28N4O2S/c1-2-3-18-32(25-10-6-4-7-11-25)28(35(33,34)26-12-8-5-9-13-26)27-20-30-22-31(27)21-24-16-14-23(19-29)15-17-24/h4-17,20,22,28H,2-3,18,21H2,1H3. The Balaban J connectivity index is 1.84. The molecule has 0 radical (unpaired) electrons. The molecule has 7 heteroatoms. The first-order chi connectivity index (χ1) is 17.0. The van der Waals surface area contributed by atoms with Crippen molar-refractivity contribution in [3.8, 4) is 6.07 Å². The molecule has 178 valence electrons. The van der Waals surface area contributed by atoms with E-state index in [1.165, 1.54) is 0 Å². The maximum Gasteiger partial charge on any atom is 0.205 e. The molecular weight excluding hydrogens is 456 g/mol. The van der Waals surface area contributed by atoms with Crippen LogP contribution in [0.15, 0.2) is 102 Å². The molecule has 4 rings (SSSR count). The predicted molar refractivity (Wildman–Crippen MR) is 138 cm³/mol. The predicted octanol–water partition coefficient (Wildman–Crippen LogP) is 5.58. The van der Waals surface area contributed by atoms with Crippen LogP contribution in [0.25, 0.3) is 0 Å². The Morgan fingerprint density at radius 3 is 2.26 bits per heavy atom. The van der Waals surface area contributed by atoms with Crippen molar-refractivity contribution in [2.24, 2.45) is 0 Å². The van der Waals surface area contributed by atoms with Crippen molar-refractivity contribution in [2.45, 2.75) is 36.6 Å². The summed E-state index contributed by atoms with van der Waals surface area (Å²) < 4.78 is 30.2. The lowest BCUT2D eigenvalue weighted by atomic mass is 10.1. The van der Waals surface area contributed by atoms with Gasteiger partial charge in [-0.05, 0) is 48.4 Å². The van der Waals surface area contributed by atoms with Crippen molar-refractivity contribution in [1.29, 1.82) is 5.26 Å². The van der Waals surface area contributed by atoms with E-state index in [0.29, 0.717) is 24.3 Å². The van der Waals surface area contributed by atoms with Crippen LogP contribution in [0.1, 0.15) is 42.0 Å². The van der Waals surface area contributed by atoms with Crippen LogP contribution in [0.3, 0.4) is 0 Å². The lowest BCUT2D eigenvalue weighted by molar-refractivity contribution is 0.562. The van der Waals surface area contributed by atoms with Gasteiger partial charge in [0.15, 0.2) is 5.37 Å². The van der Waals surface area contributed by atoms with Gasteiger partial charge in [-0.1, -0.05) is 61.9 Å². The molecule has 0 saturated heterocycles. The molecule has 0 aliphatic heterocycles. The van der Waals surface area contributed by atoms with Gasteiger partial charge < -0.3 is 9.47 Å². The zero-order chi connectivity index (χ0) is 24.7. The minimum Gasteiger partial charge on any atom is -0.350 e. The number of hydrogen-bond acceptors (Lipinski definition) is 5. The molecule has 0 saturated carbocycles. The molecule has 0 aliphatic carbocycles. The van der Waals surface area contributed by atoms with Crippen molar-refractivity contribution >= 4 is 15.5 Å². The molecule has 4 aromatic rings. The third-order valence-electron chi connectivity index (χ3n) is 5.92. The number of imidazole rings is 1. The summed E-state index contributed by atoms with van der Waals surface area (Å²) >= 11 is 0. The Bertz CT molecular complexity index is 1380. The first-order valence-corrected chi connectivity index (χ1v) is 13.2. The number of sulfone groups is 1. The van der Waals surface area contributed by atoms with Crippen LogP contribution in [-0.4, -0.2) is 24.5 Å². The van der Waals surface area contributed by atoms with Crippen LogP contribution >= 0.6 is 0 Å². The zero-order valence-electron chi connectivity index (χ0n) is 19.7. The minimum absolute atomic E-state index is 0.272. The van der Waals surface area contributed by atoms with Crippen molar-refractivity contribution in [2.75, 3.05) is 11.4 Å². The average molecular weight is 485 g/mol. The minimum atomic E-state index is -3.81. The van der Waals surface area contributed by atoms with Crippen molar-refractivity contribution < 1.29 is 8.42 Å². The van der Waals surface area contributed by atoms with Crippen molar-refractivity contribution in [3.05, 3.63) is 114 Å². The Kier molecular flexibility index (Phi) is 7.64.